The number of ether oxygens (including phenoxy) is 1. The van der Waals surface area contributed by atoms with Crippen LogP contribution in [-0.4, -0.2) is 42.9 Å². The number of nitrogens with zero attached hydrogens (tertiary/aromatic N) is 1. The fraction of sp³-hybridized carbons (Fsp3) is 0.292. The van der Waals surface area contributed by atoms with Crippen molar-refractivity contribution in [3.8, 4) is 5.75 Å². The Morgan fingerprint density at radius 3 is 2.55 bits per heavy atom. The Bertz CT molecular complexity index is 1210. The maximum atomic E-state index is 14.0. The molecule has 31 heavy (non-hydrogen) atoms. The largest absolute Gasteiger partial charge is 0.478 e. The molecule has 0 spiro atoms. The van der Waals surface area contributed by atoms with Gasteiger partial charge in [0.1, 0.15) is 0 Å². The van der Waals surface area contributed by atoms with Crippen molar-refractivity contribution in [1.82, 2.24) is 4.90 Å². The third-order valence-electron chi connectivity index (χ3n) is 5.64. The number of para-hydroxylation sites is 1. The molecule has 0 aliphatic carbocycles. The summed E-state index contributed by atoms with van der Waals surface area (Å²) in [5.41, 5.74) is 0.925. The van der Waals surface area contributed by atoms with Crippen molar-refractivity contribution in [1.29, 1.82) is 0 Å². The van der Waals surface area contributed by atoms with E-state index in [-0.39, 0.29) is 29.7 Å². The number of sulfone groups is 1. The number of carbonyl (C=O) groups excluding carboxylic acids is 1. The standard InChI is InChI=1S/C24H24FNO4S/c1-17(30-23-12-5-4-11-22(23)25)24(27)26(20-13-14-31(28,29)16-20)15-19-9-6-8-18-7-2-3-10-21(18)19/h2-12,17,20H,13-16H2,1H3. The van der Waals surface area contributed by atoms with Crippen LogP contribution in [0.3, 0.4) is 0 Å². The number of halogens is 1. The third-order valence-corrected chi connectivity index (χ3v) is 7.39. The SMILES string of the molecule is CC(Oc1ccccc1F)C(=O)N(Cc1cccc2ccccc12)C1CCS(=O)(=O)C1. The molecule has 1 aliphatic heterocycles. The highest BCUT2D eigenvalue weighted by atomic mass is 32.2. The lowest BCUT2D eigenvalue weighted by molar-refractivity contribution is -0.140. The number of hydrogen-bond donors (Lipinski definition) is 0. The zero-order chi connectivity index (χ0) is 22.0. The minimum absolute atomic E-state index is 0.00694. The Hall–Kier alpha value is -2.93. The van der Waals surface area contributed by atoms with Crippen LogP contribution < -0.4 is 4.74 Å². The van der Waals surface area contributed by atoms with Gasteiger partial charge in [0.15, 0.2) is 27.5 Å². The highest BCUT2D eigenvalue weighted by Gasteiger charge is 2.37. The van der Waals surface area contributed by atoms with Gasteiger partial charge >= 0.3 is 0 Å². The van der Waals surface area contributed by atoms with E-state index in [0.717, 1.165) is 16.3 Å². The van der Waals surface area contributed by atoms with Crippen LogP contribution in [0.4, 0.5) is 4.39 Å². The number of benzene rings is 3. The van der Waals surface area contributed by atoms with Gasteiger partial charge in [0.25, 0.3) is 5.91 Å². The maximum absolute atomic E-state index is 14.0. The van der Waals surface area contributed by atoms with Crippen LogP contribution in [0, 0.1) is 5.82 Å². The number of carbonyl (C=O) groups is 1. The molecule has 0 N–H and O–H groups in total. The lowest BCUT2D eigenvalue weighted by Gasteiger charge is -2.31. The summed E-state index contributed by atoms with van der Waals surface area (Å²) in [6.07, 6.45) is -0.583. The predicted molar refractivity (Wildman–Crippen MR) is 118 cm³/mol. The summed E-state index contributed by atoms with van der Waals surface area (Å²) in [5.74, 6) is -0.938. The van der Waals surface area contributed by atoms with Crippen LogP contribution in [0.25, 0.3) is 10.8 Å². The van der Waals surface area contributed by atoms with Crippen molar-refractivity contribution in [2.45, 2.75) is 32.0 Å². The average Bonchev–Trinajstić information content (AvgIpc) is 3.12. The molecule has 3 aromatic carbocycles. The highest BCUT2D eigenvalue weighted by Crippen LogP contribution is 2.26. The molecular weight excluding hydrogens is 417 g/mol. The first-order valence-electron chi connectivity index (χ1n) is 10.2. The van der Waals surface area contributed by atoms with Gasteiger partial charge < -0.3 is 9.64 Å². The minimum atomic E-state index is -3.19. The Morgan fingerprint density at radius 1 is 1.10 bits per heavy atom. The van der Waals surface area contributed by atoms with Crippen molar-refractivity contribution in [3.05, 3.63) is 78.1 Å². The van der Waals surface area contributed by atoms with Crippen LogP contribution in [0.2, 0.25) is 0 Å². The summed E-state index contributed by atoms with van der Waals surface area (Å²) in [4.78, 5) is 15.0. The van der Waals surface area contributed by atoms with E-state index in [2.05, 4.69) is 0 Å². The molecule has 1 fully saturated rings. The summed E-state index contributed by atoms with van der Waals surface area (Å²) in [5, 5.41) is 2.05. The third kappa shape index (κ3) is 4.71. The fourth-order valence-corrected chi connectivity index (χ4v) is 5.77. The number of fused-ring (bicyclic) bond motifs is 1. The predicted octanol–water partition coefficient (Wildman–Crippen LogP) is 3.96. The highest BCUT2D eigenvalue weighted by molar-refractivity contribution is 7.91. The molecule has 0 radical (unpaired) electrons. The summed E-state index contributed by atoms with van der Waals surface area (Å²) in [6.45, 7) is 1.82. The molecule has 162 valence electrons. The van der Waals surface area contributed by atoms with E-state index < -0.39 is 27.8 Å². The van der Waals surface area contributed by atoms with Gasteiger partial charge in [0.05, 0.1) is 11.5 Å². The monoisotopic (exact) mass is 441 g/mol. The normalized spacial score (nSPS) is 18.6. The van der Waals surface area contributed by atoms with Crippen molar-refractivity contribution < 1.29 is 22.3 Å². The molecule has 4 rings (SSSR count). The quantitative estimate of drug-likeness (QED) is 0.581. The van der Waals surface area contributed by atoms with E-state index in [9.17, 15) is 17.6 Å². The summed E-state index contributed by atoms with van der Waals surface area (Å²) in [6, 6.07) is 19.2. The van der Waals surface area contributed by atoms with Crippen molar-refractivity contribution >= 4 is 26.5 Å². The molecule has 1 saturated heterocycles. The van der Waals surface area contributed by atoms with Gasteiger partial charge in [-0.15, -0.1) is 0 Å². The second-order valence-electron chi connectivity index (χ2n) is 7.85. The Morgan fingerprint density at radius 2 is 1.81 bits per heavy atom. The van der Waals surface area contributed by atoms with E-state index in [1.54, 1.807) is 24.0 Å². The van der Waals surface area contributed by atoms with Gasteiger partial charge in [-0.05, 0) is 41.8 Å². The van der Waals surface area contributed by atoms with E-state index >= 15 is 0 Å². The zero-order valence-corrected chi connectivity index (χ0v) is 18.0. The second kappa shape index (κ2) is 8.67. The molecule has 5 nitrogen and oxygen atoms in total. The topological polar surface area (TPSA) is 63.7 Å². The smallest absolute Gasteiger partial charge is 0.263 e. The van der Waals surface area contributed by atoms with Gasteiger partial charge in [0, 0.05) is 12.6 Å². The van der Waals surface area contributed by atoms with Crippen molar-refractivity contribution in [3.63, 3.8) is 0 Å². The molecule has 3 aromatic rings. The summed E-state index contributed by atoms with van der Waals surface area (Å²) >= 11 is 0. The Kier molecular flexibility index (Phi) is 5.96. The molecule has 1 aliphatic rings. The summed E-state index contributed by atoms with van der Waals surface area (Å²) in [7, 11) is -3.19. The fourth-order valence-electron chi connectivity index (χ4n) is 4.04. The van der Waals surface area contributed by atoms with E-state index in [1.807, 2.05) is 42.5 Å². The maximum Gasteiger partial charge on any atom is 0.263 e. The van der Waals surface area contributed by atoms with Gasteiger partial charge in [-0.2, -0.15) is 0 Å². The molecule has 0 bridgehead atoms. The first-order chi connectivity index (χ1) is 14.8. The van der Waals surface area contributed by atoms with E-state index in [0.29, 0.717) is 6.42 Å². The van der Waals surface area contributed by atoms with Crippen molar-refractivity contribution in [2.75, 3.05) is 11.5 Å². The first-order valence-corrected chi connectivity index (χ1v) is 12.0. The molecule has 0 aromatic heterocycles. The molecule has 1 heterocycles. The van der Waals surface area contributed by atoms with Crippen LogP contribution in [0.15, 0.2) is 66.7 Å². The zero-order valence-electron chi connectivity index (χ0n) is 17.2. The minimum Gasteiger partial charge on any atom is -0.478 e. The summed E-state index contributed by atoms with van der Waals surface area (Å²) < 4.78 is 43.9. The van der Waals surface area contributed by atoms with Gasteiger partial charge in [-0.1, -0.05) is 54.6 Å². The van der Waals surface area contributed by atoms with Gasteiger partial charge in [-0.3, -0.25) is 4.79 Å². The molecular formula is C24H24FNO4S. The average molecular weight is 442 g/mol. The van der Waals surface area contributed by atoms with Crippen LogP contribution in [0.5, 0.6) is 5.75 Å². The van der Waals surface area contributed by atoms with Gasteiger partial charge in [0.2, 0.25) is 0 Å². The molecule has 2 atom stereocenters. The lowest BCUT2D eigenvalue weighted by Crippen LogP contribution is -2.46. The van der Waals surface area contributed by atoms with Crippen LogP contribution >= 0.6 is 0 Å². The molecule has 2 unspecified atom stereocenters. The van der Waals surface area contributed by atoms with Crippen LogP contribution in [0.1, 0.15) is 18.9 Å². The first kappa shape index (κ1) is 21.3. The Labute approximate surface area is 181 Å². The molecule has 1 amide bonds. The van der Waals surface area contributed by atoms with E-state index in [1.165, 1.54) is 12.1 Å². The number of amides is 1. The Balaban J connectivity index is 1.64. The van der Waals surface area contributed by atoms with Crippen molar-refractivity contribution in [2.24, 2.45) is 0 Å². The van der Waals surface area contributed by atoms with Gasteiger partial charge in [-0.25, -0.2) is 12.8 Å². The number of rotatable bonds is 6. The lowest BCUT2D eigenvalue weighted by atomic mass is 10.0. The molecule has 7 heteroatoms. The van der Waals surface area contributed by atoms with Crippen LogP contribution in [-0.2, 0) is 21.2 Å². The van der Waals surface area contributed by atoms with E-state index in [4.69, 9.17) is 4.74 Å². The molecule has 0 saturated carbocycles. The second-order valence-corrected chi connectivity index (χ2v) is 10.1. The number of hydrogen-bond acceptors (Lipinski definition) is 4.